The molecule has 0 aromatic carbocycles. The Balaban J connectivity index is 1.59. The molecule has 0 saturated carbocycles. The Morgan fingerprint density at radius 2 is 1.76 bits per heavy atom. The van der Waals surface area contributed by atoms with Crippen LogP contribution in [0, 0.1) is 11.8 Å². The van der Waals surface area contributed by atoms with Crippen molar-refractivity contribution in [2.45, 2.75) is 89.1 Å². The first-order chi connectivity index (χ1) is 16.2. The molecule has 1 aliphatic heterocycles. The second-order valence-corrected chi connectivity index (χ2v) is 8.32. The summed E-state index contributed by atoms with van der Waals surface area (Å²) in [6, 6.07) is 0. The van der Waals surface area contributed by atoms with E-state index in [2.05, 4.69) is 16.8 Å². The van der Waals surface area contributed by atoms with E-state index in [1.807, 2.05) is 5.32 Å². The van der Waals surface area contributed by atoms with E-state index in [0.717, 1.165) is 44.9 Å². The van der Waals surface area contributed by atoms with Gasteiger partial charge in [0.1, 0.15) is 11.8 Å². The molecule has 0 bridgehead atoms. The van der Waals surface area contributed by atoms with E-state index in [4.69, 9.17) is 4.74 Å². The van der Waals surface area contributed by atoms with Gasteiger partial charge in [0.15, 0.2) is 0 Å². The second kappa shape index (κ2) is 14.0. The van der Waals surface area contributed by atoms with Crippen LogP contribution >= 0.6 is 0 Å². The zero-order chi connectivity index (χ0) is 25.0. The molecule has 0 radical (unpaired) electrons. The van der Waals surface area contributed by atoms with Crippen LogP contribution in [-0.4, -0.2) is 46.0 Å². The molecule has 2 heterocycles. The van der Waals surface area contributed by atoms with Crippen LogP contribution in [-0.2, 0) is 9.53 Å². The van der Waals surface area contributed by atoms with Crippen LogP contribution in [0.15, 0.2) is 15.8 Å². The van der Waals surface area contributed by atoms with E-state index in [0.29, 0.717) is 25.7 Å². The molecule has 1 aromatic heterocycles. The van der Waals surface area contributed by atoms with Gasteiger partial charge >= 0.3 is 17.8 Å². The van der Waals surface area contributed by atoms with Crippen molar-refractivity contribution in [2.24, 2.45) is 0 Å². The number of halogens is 3. The zero-order valence-electron chi connectivity index (χ0n) is 19.1. The van der Waals surface area contributed by atoms with Crippen molar-refractivity contribution in [3.63, 3.8) is 0 Å². The highest BCUT2D eigenvalue weighted by Gasteiger charge is 2.38. The maximum atomic E-state index is 12.1. The minimum absolute atomic E-state index is 0.0360. The molecule has 2 rings (SSSR count). The van der Waals surface area contributed by atoms with Crippen LogP contribution in [0.2, 0.25) is 0 Å². The first kappa shape index (κ1) is 27.7. The minimum atomic E-state index is -4.82. The van der Waals surface area contributed by atoms with E-state index in [-0.39, 0.29) is 24.8 Å². The Morgan fingerprint density at radius 1 is 1.12 bits per heavy atom. The fraction of sp³-hybridized carbons (Fsp3) is 0.696. The van der Waals surface area contributed by atoms with Gasteiger partial charge in [-0.2, -0.15) is 13.2 Å². The number of ether oxygens (including phenoxy) is 1. The molecule has 2 atom stereocenters. The summed E-state index contributed by atoms with van der Waals surface area (Å²) in [6.07, 6.45) is 4.63. The third-order valence-electron chi connectivity index (χ3n) is 5.56. The number of nitrogens with zero attached hydrogens (tertiary/aromatic N) is 1. The van der Waals surface area contributed by atoms with Crippen LogP contribution in [0.5, 0.6) is 0 Å². The predicted octanol–water partition coefficient (Wildman–Crippen LogP) is 2.75. The summed E-state index contributed by atoms with van der Waals surface area (Å²) in [5, 5.41) is 11.0. The number of aromatic amines is 1. The molecule has 0 spiro atoms. The van der Waals surface area contributed by atoms with Gasteiger partial charge in [0.2, 0.25) is 0 Å². The number of carbonyl (C=O) groups excluding carboxylic acids is 1. The van der Waals surface area contributed by atoms with Gasteiger partial charge in [-0.25, -0.2) is 4.79 Å². The van der Waals surface area contributed by atoms with Gasteiger partial charge in [-0.05, 0) is 25.7 Å². The van der Waals surface area contributed by atoms with Crippen molar-refractivity contribution >= 4 is 5.91 Å². The summed E-state index contributed by atoms with van der Waals surface area (Å²) in [5.41, 5.74) is -0.907. The number of carbonyl (C=O) groups is 1. The summed E-state index contributed by atoms with van der Waals surface area (Å²) in [5.74, 6) is 3.89. The molecule has 1 amide bonds. The maximum absolute atomic E-state index is 12.1. The molecular weight excluding hydrogens is 455 g/mol. The molecule has 1 aromatic rings. The normalized spacial score (nSPS) is 17.9. The highest BCUT2D eigenvalue weighted by Crippen LogP contribution is 2.26. The fourth-order valence-corrected chi connectivity index (χ4v) is 3.67. The van der Waals surface area contributed by atoms with Crippen LogP contribution in [0.4, 0.5) is 13.2 Å². The zero-order valence-corrected chi connectivity index (χ0v) is 19.1. The Hall–Kier alpha value is -2.58. The van der Waals surface area contributed by atoms with Gasteiger partial charge in [0.05, 0.1) is 12.7 Å². The summed E-state index contributed by atoms with van der Waals surface area (Å²) in [4.78, 5) is 37.0. The van der Waals surface area contributed by atoms with Crippen molar-refractivity contribution < 1.29 is 27.8 Å². The van der Waals surface area contributed by atoms with Crippen molar-refractivity contribution in [3.05, 3.63) is 32.6 Å². The quantitative estimate of drug-likeness (QED) is 0.310. The molecule has 1 saturated heterocycles. The number of H-pyrrole nitrogens is 1. The number of alkyl halides is 3. The standard InChI is InChI=1S/C23H32F3N3O5/c24-23(25,26)21(32)27-14-10-8-6-4-2-1-3-5-7-9-11-17-15-29(22(33)28-20(17)31)19-13-12-18(16-30)34-19/h15,18-19,30H,1-8,10,12-14,16H2,(H,27,32)(H,28,31,33)/t18-,19+/m0/s1. The van der Waals surface area contributed by atoms with Gasteiger partial charge in [-0.15, -0.1) is 0 Å². The van der Waals surface area contributed by atoms with Crippen LogP contribution < -0.4 is 16.6 Å². The lowest BCUT2D eigenvalue weighted by Crippen LogP contribution is -2.37. The fourth-order valence-electron chi connectivity index (χ4n) is 3.67. The summed E-state index contributed by atoms with van der Waals surface area (Å²) < 4.78 is 43.0. The number of hydrogen-bond acceptors (Lipinski definition) is 5. The van der Waals surface area contributed by atoms with E-state index < -0.39 is 29.6 Å². The van der Waals surface area contributed by atoms with Crippen molar-refractivity contribution in [2.75, 3.05) is 13.2 Å². The highest BCUT2D eigenvalue weighted by atomic mass is 19.4. The molecule has 0 unspecified atom stereocenters. The third kappa shape index (κ3) is 9.35. The maximum Gasteiger partial charge on any atom is 0.471 e. The molecule has 190 valence electrons. The number of aliphatic hydroxyl groups excluding tert-OH is 1. The van der Waals surface area contributed by atoms with Crippen molar-refractivity contribution in [1.29, 1.82) is 0 Å². The Bertz CT molecular complexity index is 962. The minimum Gasteiger partial charge on any atom is -0.394 e. The van der Waals surface area contributed by atoms with Crippen LogP contribution in [0.25, 0.3) is 0 Å². The number of aliphatic hydroxyl groups is 1. The second-order valence-electron chi connectivity index (χ2n) is 8.32. The van der Waals surface area contributed by atoms with Crippen LogP contribution in [0.1, 0.15) is 82.4 Å². The number of hydrogen-bond donors (Lipinski definition) is 3. The summed E-state index contributed by atoms with van der Waals surface area (Å²) in [7, 11) is 0. The molecule has 3 N–H and O–H groups in total. The number of unbranched alkanes of at least 4 members (excludes halogenated alkanes) is 8. The summed E-state index contributed by atoms with van der Waals surface area (Å²) in [6.45, 7) is -0.0828. The lowest BCUT2D eigenvalue weighted by molar-refractivity contribution is -0.173. The Morgan fingerprint density at radius 3 is 2.38 bits per heavy atom. The third-order valence-corrected chi connectivity index (χ3v) is 5.56. The molecule has 8 nitrogen and oxygen atoms in total. The average Bonchev–Trinajstić information content (AvgIpc) is 3.26. The van der Waals surface area contributed by atoms with E-state index in [1.165, 1.54) is 10.8 Å². The number of nitrogens with one attached hydrogen (secondary N) is 2. The highest BCUT2D eigenvalue weighted by molar-refractivity contribution is 5.81. The van der Waals surface area contributed by atoms with Crippen molar-refractivity contribution in [3.8, 4) is 11.8 Å². The van der Waals surface area contributed by atoms with Gasteiger partial charge < -0.3 is 15.2 Å². The lowest BCUT2D eigenvalue weighted by atomic mass is 10.1. The predicted molar refractivity (Wildman–Crippen MR) is 119 cm³/mol. The molecule has 1 aliphatic rings. The topological polar surface area (TPSA) is 113 Å². The van der Waals surface area contributed by atoms with Crippen molar-refractivity contribution in [1.82, 2.24) is 14.9 Å². The van der Waals surface area contributed by atoms with Crippen LogP contribution in [0.3, 0.4) is 0 Å². The Kier molecular flexibility index (Phi) is 11.4. The summed E-state index contributed by atoms with van der Waals surface area (Å²) >= 11 is 0. The molecule has 11 heteroatoms. The SMILES string of the molecule is O=C(NCCCCCCCCCCC#Cc1cn([C@H]2CC[C@@H](CO)O2)c(=O)[nH]c1=O)C(F)(F)F. The van der Waals surface area contributed by atoms with Gasteiger partial charge in [0, 0.05) is 19.2 Å². The average molecular weight is 488 g/mol. The first-order valence-corrected chi connectivity index (χ1v) is 11.7. The number of aromatic nitrogens is 2. The number of rotatable bonds is 12. The van der Waals surface area contributed by atoms with E-state index in [9.17, 15) is 32.7 Å². The van der Waals surface area contributed by atoms with Gasteiger partial charge in [-0.1, -0.05) is 50.4 Å². The molecular formula is C23H32F3N3O5. The number of amides is 1. The van der Waals surface area contributed by atoms with E-state index >= 15 is 0 Å². The largest absolute Gasteiger partial charge is 0.471 e. The smallest absolute Gasteiger partial charge is 0.394 e. The first-order valence-electron chi connectivity index (χ1n) is 11.7. The molecule has 0 aliphatic carbocycles. The van der Waals surface area contributed by atoms with Gasteiger partial charge in [0.25, 0.3) is 5.56 Å². The monoisotopic (exact) mass is 487 g/mol. The molecule has 34 heavy (non-hydrogen) atoms. The lowest BCUT2D eigenvalue weighted by Gasteiger charge is -2.14. The van der Waals surface area contributed by atoms with Gasteiger partial charge in [-0.3, -0.25) is 19.1 Å². The Labute approximate surface area is 195 Å². The molecule has 1 fully saturated rings. The van der Waals surface area contributed by atoms with E-state index in [1.54, 1.807) is 0 Å².